The SMILES string of the molecule is COc1ccc(NC(=O)N2CCC[C@H]2c2nnc(C(=O)Nc3ccc(F)cc3)s2)c(OC)c1. The molecular formula is C22H22FN5O4S. The molecule has 1 aliphatic heterocycles. The van der Waals surface area contributed by atoms with E-state index < -0.39 is 11.7 Å². The third kappa shape index (κ3) is 5.03. The molecule has 3 aromatic rings. The summed E-state index contributed by atoms with van der Waals surface area (Å²) in [5.41, 5.74) is 0.971. The van der Waals surface area contributed by atoms with E-state index in [0.29, 0.717) is 40.8 Å². The van der Waals surface area contributed by atoms with E-state index in [4.69, 9.17) is 9.47 Å². The van der Waals surface area contributed by atoms with Crippen LogP contribution in [0.25, 0.3) is 0 Å². The number of ether oxygens (including phenoxy) is 2. The minimum atomic E-state index is -0.442. The molecule has 0 bridgehead atoms. The molecule has 1 aliphatic rings. The van der Waals surface area contributed by atoms with Gasteiger partial charge in [-0.25, -0.2) is 9.18 Å². The van der Waals surface area contributed by atoms with E-state index in [-0.39, 0.29) is 17.1 Å². The van der Waals surface area contributed by atoms with Crippen LogP contribution in [0, 0.1) is 5.82 Å². The summed E-state index contributed by atoms with van der Waals surface area (Å²) in [5.74, 6) is 0.263. The number of amides is 3. The van der Waals surface area contributed by atoms with Gasteiger partial charge in [-0.15, -0.1) is 10.2 Å². The Morgan fingerprint density at radius 3 is 2.61 bits per heavy atom. The molecule has 2 heterocycles. The van der Waals surface area contributed by atoms with Gasteiger partial charge in [0.05, 0.1) is 25.9 Å². The van der Waals surface area contributed by atoms with Crippen LogP contribution in [0.3, 0.4) is 0 Å². The Morgan fingerprint density at radius 1 is 1.09 bits per heavy atom. The summed E-state index contributed by atoms with van der Waals surface area (Å²) in [6.45, 7) is 0.547. The van der Waals surface area contributed by atoms with Gasteiger partial charge in [0, 0.05) is 18.3 Å². The predicted molar refractivity (Wildman–Crippen MR) is 122 cm³/mol. The van der Waals surface area contributed by atoms with Crippen LogP contribution >= 0.6 is 11.3 Å². The summed E-state index contributed by atoms with van der Waals surface area (Å²) < 4.78 is 23.6. The van der Waals surface area contributed by atoms with Crippen molar-refractivity contribution in [2.24, 2.45) is 0 Å². The quantitative estimate of drug-likeness (QED) is 0.555. The summed E-state index contributed by atoms with van der Waals surface area (Å²) >= 11 is 1.13. The first-order valence-corrected chi connectivity index (χ1v) is 11.0. The van der Waals surface area contributed by atoms with Crippen LogP contribution in [0.5, 0.6) is 11.5 Å². The fraction of sp³-hybridized carbons (Fsp3) is 0.273. The highest BCUT2D eigenvalue weighted by Crippen LogP contribution is 2.35. The second kappa shape index (κ2) is 9.82. The maximum absolute atomic E-state index is 13.1. The molecule has 1 aromatic heterocycles. The zero-order valence-electron chi connectivity index (χ0n) is 18.0. The van der Waals surface area contributed by atoms with E-state index in [1.807, 2.05) is 0 Å². The second-order valence-corrected chi connectivity index (χ2v) is 8.26. The van der Waals surface area contributed by atoms with Crippen molar-refractivity contribution in [1.29, 1.82) is 0 Å². The molecule has 9 nitrogen and oxygen atoms in total. The van der Waals surface area contributed by atoms with Crippen LogP contribution in [0.15, 0.2) is 42.5 Å². The molecular weight excluding hydrogens is 449 g/mol. The monoisotopic (exact) mass is 471 g/mol. The van der Waals surface area contributed by atoms with Gasteiger partial charge in [0.25, 0.3) is 5.91 Å². The lowest BCUT2D eigenvalue weighted by Gasteiger charge is -2.23. The number of halogens is 1. The van der Waals surface area contributed by atoms with Crippen LogP contribution < -0.4 is 20.1 Å². The molecule has 0 aliphatic carbocycles. The fourth-order valence-corrected chi connectivity index (χ4v) is 4.42. The molecule has 2 aromatic carbocycles. The van der Waals surface area contributed by atoms with Crippen LogP contribution in [0.1, 0.15) is 33.7 Å². The maximum atomic E-state index is 13.1. The number of carbonyl (C=O) groups is 2. The number of hydrogen-bond acceptors (Lipinski definition) is 7. The number of anilines is 2. The standard InChI is InChI=1S/C22H22FN5O4S/c1-31-15-9-10-16(18(12-15)32-2)25-22(30)28-11-3-4-17(28)20-26-27-21(33-20)19(29)24-14-7-5-13(23)6-8-14/h5-10,12,17H,3-4,11H2,1-2H3,(H,24,29)(H,25,30)/t17-/m0/s1. The van der Waals surface area contributed by atoms with Crippen LogP contribution in [0.4, 0.5) is 20.6 Å². The normalized spacial score (nSPS) is 15.2. The first kappa shape index (κ1) is 22.5. The average Bonchev–Trinajstić information content (AvgIpc) is 3.50. The number of rotatable bonds is 6. The minimum absolute atomic E-state index is 0.165. The maximum Gasteiger partial charge on any atom is 0.322 e. The number of likely N-dealkylation sites (tertiary alicyclic amines) is 1. The van der Waals surface area contributed by atoms with Crippen molar-refractivity contribution >= 4 is 34.6 Å². The Hall–Kier alpha value is -3.73. The Bertz CT molecular complexity index is 1150. The van der Waals surface area contributed by atoms with Crippen molar-refractivity contribution in [2.75, 3.05) is 31.4 Å². The van der Waals surface area contributed by atoms with Crippen molar-refractivity contribution < 1.29 is 23.5 Å². The van der Waals surface area contributed by atoms with Crippen molar-refractivity contribution in [3.8, 4) is 11.5 Å². The average molecular weight is 472 g/mol. The molecule has 1 fully saturated rings. The Morgan fingerprint density at radius 2 is 1.88 bits per heavy atom. The molecule has 0 unspecified atom stereocenters. The molecule has 1 atom stereocenters. The third-order valence-corrected chi connectivity index (χ3v) is 6.21. The van der Waals surface area contributed by atoms with E-state index >= 15 is 0 Å². The zero-order valence-corrected chi connectivity index (χ0v) is 18.8. The summed E-state index contributed by atoms with van der Waals surface area (Å²) in [6, 6.07) is 9.99. The van der Waals surface area contributed by atoms with Gasteiger partial charge in [0.1, 0.15) is 22.3 Å². The van der Waals surface area contributed by atoms with Gasteiger partial charge in [-0.3, -0.25) is 4.79 Å². The number of benzene rings is 2. The molecule has 3 amide bonds. The number of nitrogens with zero attached hydrogens (tertiary/aromatic N) is 3. The molecule has 11 heteroatoms. The van der Waals surface area contributed by atoms with Crippen molar-refractivity contribution in [3.05, 3.63) is 58.3 Å². The highest BCUT2D eigenvalue weighted by molar-refractivity contribution is 7.13. The van der Waals surface area contributed by atoms with E-state index in [1.54, 1.807) is 30.2 Å². The first-order valence-electron chi connectivity index (χ1n) is 10.2. The Balaban J connectivity index is 1.45. The van der Waals surface area contributed by atoms with Gasteiger partial charge in [0.2, 0.25) is 5.01 Å². The lowest BCUT2D eigenvalue weighted by atomic mass is 10.2. The Labute approximate surface area is 193 Å². The number of urea groups is 1. The summed E-state index contributed by atoms with van der Waals surface area (Å²) in [5, 5.41) is 14.4. The van der Waals surface area contributed by atoms with Gasteiger partial charge in [0.15, 0.2) is 0 Å². The van der Waals surface area contributed by atoms with Gasteiger partial charge < -0.3 is 25.0 Å². The number of hydrogen-bond donors (Lipinski definition) is 2. The lowest BCUT2D eigenvalue weighted by molar-refractivity contribution is 0.102. The summed E-state index contributed by atoms with van der Waals surface area (Å²) in [7, 11) is 3.07. The van der Waals surface area contributed by atoms with Crippen LogP contribution in [-0.2, 0) is 0 Å². The third-order valence-electron chi connectivity index (χ3n) is 5.19. The van der Waals surface area contributed by atoms with Gasteiger partial charge in [-0.2, -0.15) is 0 Å². The number of methoxy groups -OCH3 is 2. The molecule has 2 N–H and O–H groups in total. The summed E-state index contributed by atoms with van der Waals surface area (Å²) in [4.78, 5) is 27.2. The zero-order chi connectivity index (χ0) is 23.4. The molecule has 0 saturated carbocycles. The van der Waals surface area contributed by atoms with E-state index in [0.717, 1.165) is 17.8 Å². The first-order chi connectivity index (χ1) is 16.0. The molecule has 172 valence electrons. The van der Waals surface area contributed by atoms with Crippen molar-refractivity contribution in [3.63, 3.8) is 0 Å². The molecule has 4 rings (SSSR count). The topological polar surface area (TPSA) is 106 Å². The largest absolute Gasteiger partial charge is 0.497 e. The van der Waals surface area contributed by atoms with Crippen molar-refractivity contribution in [2.45, 2.75) is 18.9 Å². The predicted octanol–water partition coefficient (Wildman–Crippen LogP) is 4.32. The van der Waals surface area contributed by atoms with Gasteiger partial charge >= 0.3 is 6.03 Å². The van der Waals surface area contributed by atoms with Crippen molar-refractivity contribution in [1.82, 2.24) is 15.1 Å². The highest BCUT2D eigenvalue weighted by Gasteiger charge is 2.33. The lowest BCUT2D eigenvalue weighted by Crippen LogP contribution is -2.34. The van der Waals surface area contributed by atoms with E-state index in [9.17, 15) is 14.0 Å². The van der Waals surface area contributed by atoms with Crippen LogP contribution in [0.2, 0.25) is 0 Å². The van der Waals surface area contributed by atoms with Gasteiger partial charge in [-0.1, -0.05) is 11.3 Å². The van der Waals surface area contributed by atoms with Gasteiger partial charge in [-0.05, 0) is 49.2 Å². The molecule has 0 radical (unpaired) electrons. The molecule has 0 spiro atoms. The van der Waals surface area contributed by atoms with E-state index in [1.165, 1.54) is 31.4 Å². The second-order valence-electron chi connectivity index (χ2n) is 7.25. The highest BCUT2D eigenvalue weighted by atomic mass is 32.1. The molecule has 1 saturated heterocycles. The molecule has 33 heavy (non-hydrogen) atoms. The Kier molecular flexibility index (Phi) is 6.68. The fourth-order valence-electron chi connectivity index (χ4n) is 3.53. The smallest absolute Gasteiger partial charge is 0.322 e. The van der Waals surface area contributed by atoms with Crippen LogP contribution in [-0.4, -0.2) is 47.8 Å². The minimum Gasteiger partial charge on any atom is -0.497 e. The number of carbonyl (C=O) groups excluding carboxylic acids is 2. The number of aromatic nitrogens is 2. The van der Waals surface area contributed by atoms with E-state index in [2.05, 4.69) is 20.8 Å². The summed E-state index contributed by atoms with van der Waals surface area (Å²) in [6.07, 6.45) is 1.51. The number of nitrogens with one attached hydrogen (secondary N) is 2.